The summed E-state index contributed by atoms with van der Waals surface area (Å²) in [5, 5.41) is 2.99. The van der Waals surface area contributed by atoms with Gasteiger partial charge in [0.25, 0.3) is 0 Å². The number of carbonyl (C=O) groups excluding carboxylic acids is 1. The van der Waals surface area contributed by atoms with Crippen LogP contribution in [0.3, 0.4) is 0 Å². The molecule has 1 N–H and O–H groups in total. The monoisotopic (exact) mass is 363 g/mol. The second-order valence-corrected chi connectivity index (χ2v) is 6.39. The molecular formula is C22H25N3O2. The minimum atomic E-state index is 0.0276. The Morgan fingerprint density at radius 2 is 2.00 bits per heavy atom. The standard InChI is InChI=1S/C22H25N3O2/c1-3-15-25-20-8-5-4-7-19(20)24-21(25)9-6-14-23-22(26)16-17-10-12-18(27-2)13-11-17/h3-5,7-8,10-13H,1,6,9,14-16H2,2H3,(H,23,26). The smallest absolute Gasteiger partial charge is 0.224 e. The molecule has 3 aromatic rings. The summed E-state index contributed by atoms with van der Waals surface area (Å²) in [6.07, 6.45) is 3.91. The lowest BCUT2D eigenvalue weighted by Crippen LogP contribution is -2.26. The van der Waals surface area contributed by atoms with Gasteiger partial charge in [-0.3, -0.25) is 4.79 Å². The largest absolute Gasteiger partial charge is 0.497 e. The Kier molecular flexibility index (Phi) is 6.26. The number of allylic oxidation sites excluding steroid dienone is 1. The summed E-state index contributed by atoms with van der Waals surface area (Å²) in [6.45, 7) is 5.21. The number of aryl methyl sites for hydroxylation is 1. The van der Waals surface area contributed by atoms with Gasteiger partial charge in [-0.25, -0.2) is 4.98 Å². The molecule has 0 saturated heterocycles. The topological polar surface area (TPSA) is 56.2 Å². The van der Waals surface area contributed by atoms with Crippen LogP contribution in [0.25, 0.3) is 11.0 Å². The van der Waals surface area contributed by atoms with Crippen molar-refractivity contribution in [2.24, 2.45) is 0 Å². The van der Waals surface area contributed by atoms with Gasteiger partial charge in [0.15, 0.2) is 0 Å². The van der Waals surface area contributed by atoms with Crippen molar-refractivity contribution in [1.82, 2.24) is 14.9 Å². The van der Waals surface area contributed by atoms with Gasteiger partial charge in [-0.15, -0.1) is 6.58 Å². The van der Waals surface area contributed by atoms with Crippen LogP contribution < -0.4 is 10.1 Å². The SMILES string of the molecule is C=CCn1c(CCCNC(=O)Cc2ccc(OC)cc2)nc2ccccc21. The van der Waals surface area contributed by atoms with Crippen LogP contribution in [0, 0.1) is 0 Å². The predicted octanol–water partition coefficient (Wildman–Crippen LogP) is 3.52. The molecule has 1 amide bonds. The number of methoxy groups -OCH3 is 1. The molecule has 1 heterocycles. The number of nitrogens with zero attached hydrogens (tertiary/aromatic N) is 2. The van der Waals surface area contributed by atoms with Gasteiger partial charge in [-0.1, -0.05) is 30.3 Å². The Bertz CT molecular complexity index is 913. The summed E-state index contributed by atoms with van der Waals surface area (Å²) < 4.78 is 7.31. The number of rotatable bonds is 9. The van der Waals surface area contributed by atoms with E-state index in [1.807, 2.05) is 48.5 Å². The molecule has 0 spiro atoms. The van der Waals surface area contributed by atoms with E-state index in [-0.39, 0.29) is 5.91 Å². The molecule has 3 rings (SSSR count). The number of nitrogens with one attached hydrogen (secondary N) is 1. The van der Waals surface area contributed by atoms with E-state index in [1.165, 1.54) is 0 Å². The average Bonchev–Trinajstić information content (AvgIpc) is 3.04. The normalized spacial score (nSPS) is 10.7. The van der Waals surface area contributed by atoms with Crippen molar-refractivity contribution in [1.29, 1.82) is 0 Å². The maximum Gasteiger partial charge on any atom is 0.224 e. The lowest BCUT2D eigenvalue weighted by Gasteiger charge is -2.08. The maximum atomic E-state index is 12.1. The van der Waals surface area contributed by atoms with E-state index in [4.69, 9.17) is 9.72 Å². The Hall–Kier alpha value is -3.08. The molecular weight excluding hydrogens is 338 g/mol. The second-order valence-electron chi connectivity index (χ2n) is 6.39. The molecule has 0 atom stereocenters. The van der Waals surface area contributed by atoms with Crippen LogP contribution in [0.15, 0.2) is 61.2 Å². The molecule has 0 unspecified atom stereocenters. The van der Waals surface area contributed by atoms with E-state index >= 15 is 0 Å². The molecule has 5 nitrogen and oxygen atoms in total. The summed E-state index contributed by atoms with van der Waals surface area (Å²) >= 11 is 0. The molecule has 0 fully saturated rings. The van der Waals surface area contributed by atoms with Crippen LogP contribution in [-0.4, -0.2) is 29.1 Å². The van der Waals surface area contributed by atoms with Gasteiger partial charge in [-0.05, 0) is 36.2 Å². The van der Waals surface area contributed by atoms with E-state index in [9.17, 15) is 4.79 Å². The third-order valence-electron chi connectivity index (χ3n) is 4.47. The highest BCUT2D eigenvalue weighted by atomic mass is 16.5. The Morgan fingerprint density at radius 1 is 1.22 bits per heavy atom. The molecule has 0 aliphatic carbocycles. The van der Waals surface area contributed by atoms with Gasteiger partial charge in [0.1, 0.15) is 11.6 Å². The van der Waals surface area contributed by atoms with Crippen LogP contribution >= 0.6 is 0 Å². The first kappa shape index (κ1) is 18.7. The minimum Gasteiger partial charge on any atom is -0.497 e. The van der Waals surface area contributed by atoms with E-state index in [1.54, 1.807) is 7.11 Å². The van der Waals surface area contributed by atoms with Crippen LogP contribution in [0.2, 0.25) is 0 Å². The van der Waals surface area contributed by atoms with Gasteiger partial charge >= 0.3 is 0 Å². The van der Waals surface area contributed by atoms with Crippen LogP contribution in [-0.2, 0) is 24.2 Å². The molecule has 0 saturated carbocycles. The minimum absolute atomic E-state index is 0.0276. The number of para-hydroxylation sites is 2. The third-order valence-corrected chi connectivity index (χ3v) is 4.47. The van der Waals surface area contributed by atoms with Gasteiger partial charge in [0.2, 0.25) is 5.91 Å². The number of ether oxygens (including phenoxy) is 1. The molecule has 1 aromatic heterocycles. The zero-order chi connectivity index (χ0) is 19.1. The van der Waals surface area contributed by atoms with Gasteiger partial charge in [0.05, 0.1) is 24.6 Å². The zero-order valence-corrected chi connectivity index (χ0v) is 15.6. The second kappa shape index (κ2) is 9.03. The maximum absolute atomic E-state index is 12.1. The molecule has 5 heteroatoms. The van der Waals surface area contributed by atoms with Crippen molar-refractivity contribution in [3.05, 3.63) is 72.6 Å². The average molecular weight is 363 g/mol. The van der Waals surface area contributed by atoms with Crippen molar-refractivity contribution in [2.75, 3.05) is 13.7 Å². The summed E-state index contributed by atoms with van der Waals surface area (Å²) in [4.78, 5) is 16.8. The number of carbonyl (C=O) groups is 1. The number of amides is 1. The van der Waals surface area contributed by atoms with Gasteiger partial charge in [0, 0.05) is 19.5 Å². The molecule has 27 heavy (non-hydrogen) atoms. The van der Waals surface area contributed by atoms with E-state index in [2.05, 4.69) is 22.5 Å². The van der Waals surface area contributed by atoms with E-state index in [0.717, 1.165) is 47.6 Å². The van der Waals surface area contributed by atoms with Crippen LogP contribution in [0.1, 0.15) is 17.8 Å². The summed E-state index contributed by atoms with van der Waals surface area (Å²) in [5.74, 6) is 1.85. The van der Waals surface area contributed by atoms with Crippen LogP contribution in [0.5, 0.6) is 5.75 Å². The fraction of sp³-hybridized carbons (Fsp3) is 0.273. The van der Waals surface area contributed by atoms with Crippen molar-refractivity contribution in [3.8, 4) is 5.75 Å². The van der Waals surface area contributed by atoms with Crippen molar-refractivity contribution in [3.63, 3.8) is 0 Å². The summed E-state index contributed by atoms with van der Waals surface area (Å²) in [7, 11) is 1.63. The highest BCUT2D eigenvalue weighted by molar-refractivity contribution is 5.78. The fourth-order valence-corrected chi connectivity index (χ4v) is 3.11. The molecule has 2 aromatic carbocycles. The highest BCUT2D eigenvalue weighted by Gasteiger charge is 2.09. The molecule has 0 bridgehead atoms. The first-order valence-electron chi connectivity index (χ1n) is 9.16. The van der Waals surface area contributed by atoms with Crippen molar-refractivity contribution < 1.29 is 9.53 Å². The van der Waals surface area contributed by atoms with E-state index in [0.29, 0.717) is 13.0 Å². The number of fused-ring (bicyclic) bond motifs is 1. The molecule has 0 aliphatic heterocycles. The van der Waals surface area contributed by atoms with Crippen LogP contribution in [0.4, 0.5) is 0 Å². The summed E-state index contributed by atoms with van der Waals surface area (Å²) in [6, 6.07) is 15.7. The first-order valence-corrected chi connectivity index (χ1v) is 9.16. The molecule has 0 aliphatic rings. The third kappa shape index (κ3) is 4.76. The Morgan fingerprint density at radius 3 is 2.74 bits per heavy atom. The molecule has 0 radical (unpaired) electrons. The predicted molar refractivity (Wildman–Crippen MR) is 108 cm³/mol. The van der Waals surface area contributed by atoms with Crippen molar-refractivity contribution in [2.45, 2.75) is 25.8 Å². The van der Waals surface area contributed by atoms with Crippen molar-refractivity contribution >= 4 is 16.9 Å². The van der Waals surface area contributed by atoms with E-state index < -0.39 is 0 Å². The molecule has 140 valence electrons. The number of aromatic nitrogens is 2. The Labute approximate surface area is 159 Å². The number of benzene rings is 2. The van der Waals surface area contributed by atoms with Gasteiger partial charge < -0.3 is 14.6 Å². The quantitative estimate of drug-likeness (QED) is 0.467. The number of imidazole rings is 1. The van der Waals surface area contributed by atoms with Gasteiger partial charge in [-0.2, -0.15) is 0 Å². The zero-order valence-electron chi connectivity index (χ0n) is 15.6. The highest BCUT2D eigenvalue weighted by Crippen LogP contribution is 2.17. The number of hydrogen-bond donors (Lipinski definition) is 1. The number of hydrogen-bond acceptors (Lipinski definition) is 3. The first-order chi connectivity index (χ1) is 13.2. The fourth-order valence-electron chi connectivity index (χ4n) is 3.11. The summed E-state index contributed by atoms with van der Waals surface area (Å²) in [5.41, 5.74) is 3.09. The lowest BCUT2D eigenvalue weighted by molar-refractivity contribution is -0.120. The Balaban J connectivity index is 1.51. The lowest BCUT2D eigenvalue weighted by atomic mass is 10.1.